The Bertz CT molecular complexity index is 2270. The molecule has 0 spiro atoms. The third kappa shape index (κ3) is 11.4. The van der Waals surface area contributed by atoms with Gasteiger partial charge in [-0.15, -0.1) is 0 Å². The number of fused-ring (bicyclic) bond motifs is 7. The maximum atomic E-state index is 14.0. The largest absolute Gasteiger partial charge is 0.479 e. The third-order valence-corrected chi connectivity index (χ3v) is 20.0. The molecule has 2 heterocycles. The van der Waals surface area contributed by atoms with Crippen LogP contribution < -0.4 is 0 Å². The normalized spacial score (nSPS) is 46.0. The number of ether oxygens (including phenoxy) is 7. The molecule has 0 aromatic rings. The SMILES string of the molecule is [B][C@@H]1C2CC[C@]3([B])C(CC=C4C5C[C@@]([B])(S)[C@@H](OC(=O)/C(C)=C\C)[C@H](CC(=O)C(C)CC)[C@]5(CO)[C@H](O)[C@H](O)[C@]43[B])[C@@]2([B])CC[C@@H]1OC(OC(C)C(=O)O)C(OC1OC(CO)C(O)C(O)C1O)C(OC1O[C@@H](CO)C[C@@H]1O)C(C)O. The minimum Gasteiger partial charge on any atom is -0.479 e. The quantitative estimate of drug-likeness (QED) is 0.0159. The van der Waals surface area contributed by atoms with E-state index in [9.17, 15) is 70.6 Å². The van der Waals surface area contributed by atoms with Gasteiger partial charge in [0.25, 0.3) is 0 Å². The third-order valence-electron chi connectivity index (χ3n) is 19.5. The molecule has 10 radical (unpaired) electrons. The number of rotatable bonds is 21. The number of aliphatic carboxylic acids is 1. The van der Waals surface area contributed by atoms with Gasteiger partial charge in [-0.1, -0.05) is 61.5 Å². The van der Waals surface area contributed by atoms with Crippen molar-refractivity contribution in [1.29, 1.82) is 0 Å². The smallest absolute Gasteiger partial charge is 0.333 e. The van der Waals surface area contributed by atoms with Gasteiger partial charge in [0.2, 0.25) is 0 Å². The fourth-order valence-corrected chi connectivity index (χ4v) is 14.9. The number of ketones is 1. The second-order valence-electron chi connectivity index (χ2n) is 23.9. The molecule has 2 saturated heterocycles. The molecule has 7 aliphatic rings. The Hall–Kier alpha value is -1.88. The van der Waals surface area contributed by atoms with Crippen LogP contribution in [0, 0.1) is 35.0 Å². The number of aliphatic hydroxyl groups excluding tert-OH is 10. The van der Waals surface area contributed by atoms with Gasteiger partial charge in [-0.25, -0.2) is 9.59 Å². The van der Waals surface area contributed by atoms with Gasteiger partial charge in [0.1, 0.15) is 54.6 Å². The fourth-order valence-electron chi connectivity index (χ4n) is 14.5. The summed E-state index contributed by atoms with van der Waals surface area (Å²) >= 11 is 4.91. The van der Waals surface area contributed by atoms with Gasteiger partial charge in [-0.05, 0) is 82.3 Å². The van der Waals surface area contributed by atoms with Crippen molar-refractivity contribution in [3.05, 3.63) is 23.3 Å². The first-order valence-electron chi connectivity index (χ1n) is 27.8. The number of hydrogen-bond acceptors (Lipinski definition) is 21. The molecule has 7 rings (SSSR count). The van der Waals surface area contributed by atoms with E-state index in [0.29, 0.717) is 12.0 Å². The topological polar surface area (TPSA) is 338 Å². The predicted molar refractivity (Wildman–Crippen MR) is 290 cm³/mol. The Morgan fingerprint density at radius 3 is 2.12 bits per heavy atom. The number of thiol groups is 1. The van der Waals surface area contributed by atoms with Gasteiger partial charge in [0, 0.05) is 40.3 Å². The number of aliphatic hydroxyl groups is 10. The fraction of sp³-hybridized carbons (Fsp3) is 0.868. The minimum absolute atomic E-state index is 0.00126. The van der Waals surface area contributed by atoms with Crippen LogP contribution >= 0.6 is 12.6 Å². The van der Waals surface area contributed by atoms with Crippen molar-refractivity contribution in [2.24, 2.45) is 35.0 Å². The van der Waals surface area contributed by atoms with E-state index in [-0.39, 0.29) is 62.7 Å². The van der Waals surface area contributed by atoms with E-state index in [2.05, 4.69) is 0 Å². The van der Waals surface area contributed by atoms with Crippen molar-refractivity contribution in [1.82, 2.24) is 0 Å². The van der Waals surface area contributed by atoms with Crippen LogP contribution in [0.2, 0.25) is 21.8 Å². The lowest BCUT2D eigenvalue weighted by Crippen LogP contribution is -2.73. The number of carbonyl (C=O) groups excluding carboxylic acids is 2. The molecule has 21 nitrogen and oxygen atoms in total. The van der Waals surface area contributed by atoms with Gasteiger partial charge in [0.05, 0.1) is 89.6 Å². The lowest BCUT2D eigenvalue weighted by molar-refractivity contribution is -0.359. The number of carboxylic acids is 1. The minimum atomic E-state index is -2.04. The van der Waals surface area contributed by atoms with Crippen molar-refractivity contribution < 1.29 is 104 Å². The summed E-state index contributed by atoms with van der Waals surface area (Å²) in [5.74, 6) is -7.63. The van der Waals surface area contributed by atoms with Crippen molar-refractivity contribution in [3.8, 4) is 0 Å². The summed E-state index contributed by atoms with van der Waals surface area (Å²) < 4.78 is 40.8. The standard InChI is InChI=1S/C53H79B5O21S/c1-7-21(3)30(63)16-28-43(79-45(72)22(4)8-2)52(57,80)17-29-26-9-10-34-50(55)13-12-32(35(54)27(50)11-14-51(34,56)53(26,58)42(69)41(68)49(28,29)20-61)75-48(73-24(6)44(70)71)40(78-47-38(67)37(66)36(65)33(19-60)76-47)39(23(5)62)77-46-31(64)15-25(18-59)74-46/h8-9,21,23-25,27-29,31-43,46-48,59-62,64-69,80H,7,10-20H2,1-6H3,(H,70,71)/b22-8-/t21?,23?,24?,25-,27?,28+,29?,31+,32+,33?,34?,35-,36?,37?,38?,39?,40?,41-,42+,43+,46?,47?,48?,49+,50-,51+,52-,53-/m1/s1. The van der Waals surface area contributed by atoms with Crippen LogP contribution in [0.15, 0.2) is 23.3 Å². The zero-order chi connectivity index (χ0) is 59.5. The van der Waals surface area contributed by atoms with Crippen LogP contribution in [0.4, 0.5) is 0 Å². The molecule has 438 valence electrons. The zero-order valence-corrected chi connectivity index (χ0v) is 47.1. The Balaban J connectivity index is 1.25. The summed E-state index contributed by atoms with van der Waals surface area (Å²) in [6, 6.07) is 0. The number of esters is 1. The summed E-state index contributed by atoms with van der Waals surface area (Å²) in [7, 11) is 37.2. The highest BCUT2D eigenvalue weighted by molar-refractivity contribution is 7.83. The van der Waals surface area contributed by atoms with Gasteiger partial charge in [-0.3, -0.25) is 4.79 Å². The summed E-state index contributed by atoms with van der Waals surface area (Å²) in [5.41, 5.74) is -1.18. The summed E-state index contributed by atoms with van der Waals surface area (Å²) in [5, 5.41) is 117. The number of Topliss-reactive ketones (excluding diaryl/α,β-unsaturated/α-hetero) is 1. The molecule has 11 N–H and O–H groups in total. The molecule has 0 aromatic heterocycles. The maximum Gasteiger partial charge on any atom is 0.333 e. The van der Waals surface area contributed by atoms with E-state index in [1.807, 2.05) is 6.92 Å². The monoisotopic (exact) mass is 1140 g/mol. The van der Waals surface area contributed by atoms with Crippen LogP contribution in [0.1, 0.15) is 99.3 Å². The first-order chi connectivity index (χ1) is 37.4. The van der Waals surface area contributed by atoms with Crippen LogP contribution in [0.5, 0.6) is 0 Å². The lowest BCUT2D eigenvalue weighted by Gasteiger charge is -2.74. The van der Waals surface area contributed by atoms with Crippen molar-refractivity contribution in [2.45, 2.75) is 230 Å². The molecule has 27 heteroatoms. The van der Waals surface area contributed by atoms with Crippen LogP contribution in [-0.4, -0.2) is 242 Å². The van der Waals surface area contributed by atoms with E-state index in [4.69, 9.17) is 85.0 Å². The molecular weight excluding hydrogens is 1060 g/mol. The highest BCUT2D eigenvalue weighted by Crippen LogP contribution is 2.81. The molecule has 0 aromatic carbocycles. The number of carbonyl (C=O) groups is 3. The second-order valence-corrected chi connectivity index (χ2v) is 24.8. The molecule has 5 aliphatic carbocycles. The molecule has 0 amide bonds. The summed E-state index contributed by atoms with van der Waals surface area (Å²) in [4.78, 5) is 40.0. The second kappa shape index (κ2) is 25.2. The Kier molecular flexibility index (Phi) is 20.7. The molecular formula is C53H79B5O21S. The van der Waals surface area contributed by atoms with Gasteiger partial charge < -0.3 is 89.3 Å². The van der Waals surface area contributed by atoms with Crippen LogP contribution in [-0.2, 0) is 47.5 Å². The highest BCUT2D eigenvalue weighted by atomic mass is 32.1. The predicted octanol–water partition coefficient (Wildman–Crippen LogP) is -1.28. The van der Waals surface area contributed by atoms with Crippen molar-refractivity contribution in [2.75, 3.05) is 19.8 Å². The van der Waals surface area contributed by atoms with E-state index in [1.54, 1.807) is 32.9 Å². The molecule has 15 unspecified atom stereocenters. The molecule has 0 bridgehead atoms. The van der Waals surface area contributed by atoms with Crippen LogP contribution in [0.25, 0.3) is 0 Å². The average Bonchev–Trinajstić information content (AvgIpc) is 3.87. The Morgan fingerprint density at radius 1 is 0.887 bits per heavy atom. The first kappa shape index (κ1) is 65.7. The van der Waals surface area contributed by atoms with Gasteiger partial charge in [-0.2, -0.15) is 12.6 Å². The van der Waals surface area contributed by atoms with E-state index >= 15 is 0 Å². The average molecular weight is 1140 g/mol. The lowest BCUT2D eigenvalue weighted by atomic mass is 9.22. The van der Waals surface area contributed by atoms with Gasteiger partial charge >= 0.3 is 11.9 Å². The number of carboxylic acid groups (broad SMARTS) is 1. The van der Waals surface area contributed by atoms with E-state index in [0.717, 1.165) is 0 Å². The Labute approximate surface area is 479 Å². The first-order valence-corrected chi connectivity index (χ1v) is 28.3. The highest BCUT2D eigenvalue weighted by Gasteiger charge is 2.74. The Morgan fingerprint density at radius 2 is 1.55 bits per heavy atom. The summed E-state index contributed by atoms with van der Waals surface area (Å²) in [6.07, 6.45) is -24.5. The van der Waals surface area contributed by atoms with E-state index in [1.165, 1.54) is 13.8 Å². The maximum absolute atomic E-state index is 14.0. The van der Waals surface area contributed by atoms with Gasteiger partial charge in [0.15, 0.2) is 25.0 Å². The zero-order valence-electron chi connectivity index (χ0n) is 46.3. The van der Waals surface area contributed by atoms with Crippen molar-refractivity contribution in [3.63, 3.8) is 0 Å². The molecule has 28 atom stereocenters. The molecule has 80 heavy (non-hydrogen) atoms. The number of hydrogen-bond donors (Lipinski definition) is 12. The summed E-state index contributed by atoms with van der Waals surface area (Å²) in [6.45, 7) is 7.01. The van der Waals surface area contributed by atoms with Crippen molar-refractivity contribution >= 4 is 69.6 Å². The molecule has 2 aliphatic heterocycles. The van der Waals surface area contributed by atoms with Crippen LogP contribution in [0.3, 0.4) is 0 Å². The molecule has 4 saturated carbocycles. The van der Waals surface area contributed by atoms with E-state index < -0.39 is 197 Å². The molecule has 6 fully saturated rings. The number of allylic oxidation sites excluding steroid dienone is 2.